The van der Waals surface area contributed by atoms with Crippen LogP contribution in [-0.2, 0) is 10.2 Å². The third-order valence-electron chi connectivity index (χ3n) is 7.44. The van der Waals surface area contributed by atoms with Gasteiger partial charge in [-0.25, -0.2) is 14.8 Å². The first-order chi connectivity index (χ1) is 14.6. The number of ether oxygens (including phenoxy) is 2. The van der Waals surface area contributed by atoms with Crippen LogP contribution in [0.3, 0.4) is 0 Å². The lowest BCUT2D eigenvalue weighted by Crippen LogP contribution is -2.49. The summed E-state index contributed by atoms with van der Waals surface area (Å²) >= 11 is 0. The summed E-state index contributed by atoms with van der Waals surface area (Å²) in [5.41, 5.74) is 2.93. The molecule has 1 N–H and O–H groups in total. The van der Waals surface area contributed by atoms with Gasteiger partial charge < -0.3 is 14.6 Å². The molecule has 30 heavy (non-hydrogen) atoms. The quantitative estimate of drug-likeness (QED) is 0.759. The molecular formula is C24H24N2O4. The SMILES string of the molecule is O=C(O)/C=C/c1cnc(-c2ccc3c(C45CC6CC(CC(C6)C4)C5)c2OCO3)nc1. The van der Waals surface area contributed by atoms with Crippen LogP contribution < -0.4 is 9.47 Å². The molecule has 0 unspecified atom stereocenters. The van der Waals surface area contributed by atoms with Gasteiger partial charge in [0.2, 0.25) is 6.79 Å². The van der Waals surface area contributed by atoms with E-state index < -0.39 is 5.97 Å². The van der Waals surface area contributed by atoms with Crippen molar-refractivity contribution in [1.29, 1.82) is 0 Å². The normalized spacial score (nSPS) is 30.9. The van der Waals surface area contributed by atoms with Gasteiger partial charge in [0.15, 0.2) is 5.82 Å². The van der Waals surface area contributed by atoms with Crippen molar-refractivity contribution < 1.29 is 19.4 Å². The van der Waals surface area contributed by atoms with Gasteiger partial charge in [0.05, 0.1) is 5.56 Å². The van der Waals surface area contributed by atoms with Gasteiger partial charge in [0.25, 0.3) is 0 Å². The predicted molar refractivity (Wildman–Crippen MR) is 110 cm³/mol. The van der Waals surface area contributed by atoms with Gasteiger partial charge in [-0.3, -0.25) is 0 Å². The molecule has 1 aromatic carbocycles. The number of aromatic nitrogens is 2. The van der Waals surface area contributed by atoms with Crippen LogP contribution in [0.5, 0.6) is 11.5 Å². The zero-order chi connectivity index (χ0) is 20.3. The fourth-order valence-electron chi connectivity index (χ4n) is 6.81. The standard InChI is InChI=1S/C24H24N2O4/c27-20(28)4-1-14-11-25-23(26-12-14)18-2-3-19-21(22(18)30-13-29-19)24-8-15-5-16(9-24)7-17(6-15)10-24/h1-4,11-12,15-17H,5-10,13H2,(H,27,28)/b4-1+. The van der Waals surface area contributed by atoms with Crippen molar-refractivity contribution in [2.45, 2.75) is 43.9 Å². The Bertz CT molecular complexity index is 1010. The zero-order valence-electron chi connectivity index (χ0n) is 16.7. The number of hydrogen-bond acceptors (Lipinski definition) is 5. The van der Waals surface area contributed by atoms with Crippen molar-refractivity contribution in [2.24, 2.45) is 17.8 Å². The molecule has 4 saturated carbocycles. The maximum Gasteiger partial charge on any atom is 0.328 e. The molecule has 1 aliphatic heterocycles. The van der Waals surface area contributed by atoms with Crippen LogP contribution in [0.25, 0.3) is 17.5 Å². The average molecular weight is 404 g/mol. The second-order valence-corrected chi connectivity index (χ2v) is 9.43. The van der Waals surface area contributed by atoms with Gasteiger partial charge in [0.1, 0.15) is 11.5 Å². The van der Waals surface area contributed by atoms with Crippen LogP contribution in [0.15, 0.2) is 30.6 Å². The molecule has 4 fully saturated rings. The van der Waals surface area contributed by atoms with E-state index in [-0.39, 0.29) is 12.2 Å². The molecular weight excluding hydrogens is 380 g/mol. The summed E-state index contributed by atoms with van der Waals surface area (Å²) in [4.78, 5) is 19.7. The summed E-state index contributed by atoms with van der Waals surface area (Å²) in [6, 6.07) is 4.03. The number of hydrogen-bond donors (Lipinski definition) is 1. The van der Waals surface area contributed by atoms with Gasteiger partial charge in [-0.05, 0) is 74.5 Å². The molecule has 1 aromatic heterocycles. The van der Waals surface area contributed by atoms with E-state index in [2.05, 4.69) is 16.0 Å². The minimum atomic E-state index is -0.993. The Hall–Kier alpha value is -2.89. The minimum absolute atomic E-state index is 0.153. The summed E-state index contributed by atoms with van der Waals surface area (Å²) in [7, 11) is 0. The Morgan fingerprint density at radius 2 is 1.70 bits per heavy atom. The lowest BCUT2D eigenvalue weighted by atomic mass is 9.47. The van der Waals surface area contributed by atoms with Crippen molar-refractivity contribution in [3.63, 3.8) is 0 Å². The van der Waals surface area contributed by atoms with E-state index in [1.165, 1.54) is 50.2 Å². The topological polar surface area (TPSA) is 81.5 Å². The highest BCUT2D eigenvalue weighted by atomic mass is 16.7. The van der Waals surface area contributed by atoms with Crippen LogP contribution in [0.4, 0.5) is 0 Å². The number of aliphatic carboxylic acids is 1. The molecule has 2 aromatic rings. The fraction of sp³-hybridized carbons (Fsp3) is 0.458. The van der Waals surface area contributed by atoms with Gasteiger partial charge in [-0.15, -0.1) is 0 Å². The van der Waals surface area contributed by atoms with Crippen LogP contribution in [0.2, 0.25) is 0 Å². The lowest BCUT2D eigenvalue weighted by Gasteiger charge is -2.57. The first-order valence-electron chi connectivity index (χ1n) is 10.8. The van der Waals surface area contributed by atoms with E-state index in [1.54, 1.807) is 12.4 Å². The van der Waals surface area contributed by atoms with Crippen molar-refractivity contribution in [2.75, 3.05) is 6.79 Å². The smallest absolute Gasteiger partial charge is 0.328 e. The predicted octanol–water partition coefficient (Wildman–Crippen LogP) is 4.44. The average Bonchev–Trinajstić information content (AvgIpc) is 2.71. The van der Waals surface area contributed by atoms with Crippen LogP contribution >= 0.6 is 0 Å². The number of fused-ring (bicyclic) bond motifs is 2. The van der Waals surface area contributed by atoms with Crippen molar-refractivity contribution >= 4 is 12.0 Å². The summed E-state index contributed by atoms with van der Waals surface area (Å²) in [6.07, 6.45) is 13.7. The molecule has 0 amide bonds. The second-order valence-electron chi connectivity index (χ2n) is 9.43. The Labute approximate surface area is 175 Å². The summed E-state index contributed by atoms with van der Waals surface area (Å²) < 4.78 is 12.0. The van der Waals surface area contributed by atoms with Crippen LogP contribution in [0, 0.1) is 17.8 Å². The molecule has 0 radical (unpaired) electrons. The molecule has 7 rings (SSSR count). The van der Waals surface area contributed by atoms with Gasteiger partial charge in [0, 0.05) is 35.0 Å². The molecule has 4 aliphatic carbocycles. The van der Waals surface area contributed by atoms with E-state index in [9.17, 15) is 4.79 Å². The molecule has 0 atom stereocenters. The number of nitrogens with zero attached hydrogens (tertiary/aromatic N) is 2. The number of carbonyl (C=O) groups is 1. The van der Waals surface area contributed by atoms with Gasteiger partial charge in [-0.2, -0.15) is 0 Å². The molecule has 154 valence electrons. The maximum atomic E-state index is 10.7. The zero-order valence-corrected chi connectivity index (χ0v) is 16.7. The van der Waals surface area contributed by atoms with E-state index in [4.69, 9.17) is 14.6 Å². The van der Waals surface area contributed by atoms with E-state index in [0.29, 0.717) is 11.4 Å². The first kappa shape index (κ1) is 17.9. The monoisotopic (exact) mass is 404 g/mol. The van der Waals surface area contributed by atoms with E-state index in [1.807, 2.05) is 6.07 Å². The number of carboxylic acid groups (broad SMARTS) is 1. The highest BCUT2D eigenvalue weighted by molar-refractivity contribution is 5.85. The molecule has 0 saturated heterocycles. The Kier molecular flexibility index (Phi) is 3.92. The molecule has 2 heterocycles. The van der Waals surface area contributed by atoms with Crippen LogP contribution in [0.1, 0.15) is 49.7 Å². The van der Waals surface area contributed by atoms with E-state index >= 15 is 0 Å². The highest BCUT2D eigenvalue weighted by Crippen LogP contribution is 2.64. The lowest BCUT2D eigenvalue weighted by molar-refractivity contribution is -0.131. The first-order valence-corrected chi connectivity index (χ1v) is 10.8. The van der Waals surface area contributed by atoms with Gasteiger partial charge >= 0.3 is 5.97 Å². The fourth-order valence-corrected chi connectivity index (χ4v) is 6.81. The maximum absolute atomic E-state index is 10.7. The third-order valence-corrected chi connectivity index (χ3v) is 7.44. The molecule has 0 spiro atoms. The minimum Gasteiger partial charge on any atom is -0.478 e. The summed E-state index contributed by atoms with van der Waals surface area (Å²) in [5.74, 6) is 3.94. The number of rotatable bonds is 4. The third kappa shape index (κ3) is 2.81. The number of benzene rings is 1. The molecule has 6 heteroatoms. The van der Waals surface area contributed by atoms with E-state index in [0.717, 1.165) is 40.9 Å². The van der Waals surface area contributed by atoms with Crippen LogP contribution in [-0.4, -0.2) is 27.8 Å². The van der Waals surface area contributed by atoms with Crippen molar-refractivity contribution in [3.8, 4) is 22.9 Å². The van der Waals surface area contributed by atoms with Crippen molar-refractivity contribution in [1.82, 2.24) is 9.97 Å². The summed E-state index contributed by atoms with van der Waals surface area (Å²) in [6.45, 7) is 0.216. The second kappa shape index (κ2) is 6.56. The Morgan fingerprint density at radius 3 is 2.33 bits per heavy atom. The molecule has 6 nitrogen and oxygen atoms in total. The van der Waals surface area contributed by atoms with Gasteiger partial charge in [-0.1, -0.05) is 0 Å². The molecule has 6 bridgehead atoms. The Balaban J connectivity index is 1.42. The Morgan fingerprint density at radius 1 is 1.03 bits per heavy atom. The number of carboxylic acids is 1. The molecule has 5 aliphatic rings. The summed E-state index contributed by atoms with van der Waals surface area (Å²) in [5, 5.41) is 8.80. The highest BCUT2D eigenvalue weighted by Gasteiger charge is 2.54. The largest absolute Gasteiger partial charge is 0.478 e. The van der Waals surface area contributed by atoms with Crippen molar-refractivity contribution in [3.05, 3.63) is 41.7 Å².